The number of methoxy groups -OCH3 is 1. The summed E-state index contributed by atoms with van der Waals surface area (Å²) >= 11 is 0. The minimum absolute atomic E-state index is 0.0442. The molecular weight excluding hydrogens is 258 g/mol. The lowest BCUT2D eigenvalue weighted by atomic mass is 9.84. The minimum Gasteiger partial charge on any atom is -0.453 e. The molecule has 1 heterocycles. The topological polar surface area (TPSA) is 70.7 Å². The van der Waals surface area contributed by atoms with Gasteiger partial charge in [0.2, 0.25) is 0 Å². The van der Waals surface area contributed by atoms with Crippen LogP contribution in [0.25, 0.3) is 0 Å². The number of nitrogens with zero attached hydrogens (tertiary/aromatic N) is 1. The van der Waals surface area contributed by atoms with Gasteiger partial charge in [-0.15, -0.1) is 0 Å². The van der Waals surface area contributed by atoms with Gasteiger partial charge in [0.1, 0.15) is 0 Å². The Kier molecular flexibility index (Phi) is 6.42. The van der Waals surface area contributed by atoms with Gasteiger partial charge < -0.3 is 20.3 Å². The maximum atomic E-state index is 12.7. The molecule has 1 amide bonds. The van der Waals surface area contributed by atoms with E-state index in [1.807, 2.05) is 27.9 Å². The zero-order chi connectivity index (χ0) is 15.3. The standard InChI is InChI=1S/C14H27N3O3/c1-9(2)12(16-14(19)20-5)13(18)11-8-17(4)7-10(11)6-15-3/h9-12,15H,6-8H2,1-5H3,(H,16,19). The van der Waals surface area contributed by atoms with E-state index in [9.17, 15) is 9.59 Å². The zero-order valence-corrected chi connectivity index (χ0v) is 13.1. The average Bonchev–Trinajstić information content (AvgIpc) is 2.76. The number of ether oxygens (including phenoxy) is 1. The van der Waals surface area contributed by atoms with Gasteiger partial charge in [-0.25, -0.2) is 4.79 Å². The largest absolute Gasteiger partial charge is 0.453 e. The van der Waals surface area contributed by atoms with Gasteiger partial charge in [-0.3, -0.25) is 4.79 Å². The number of carbonyl (C=O) groups is 2. The lowest BCUT2D eigenvalue weighted by molar-refractivity contribution is -0.126. The number of likely N-dealkylation sites (tertiary alicyclic amines) is 1. The van der Waals surface area contributed by atoms with E-state index in [1.54, 1.807) is 0 Å². The first kappa shape index (κ1) is 16.9. The molecule has 1 aliphatic heterocycles. The van der Waals surface area contributed by atoms with E-state index < -0.39 is 12.1 Å². The van der Waals surface area contributed by atoms with E-state index in [4.69, 9.17) is 0 Å². The predicted octanol–water partition coefficient (Wildman–Crippen LogP) is 0.333. The summed E-state index contributed by atoms with van der Waals surface area (Å²) < 4.78 is 4.61. The Labute approximate surface area is 121 Å². The Bertz CT molecular complexity index is 347. The highest BCUT2D eigenvalue weighted by molar-refractivity contribution is 5.90. The Morgan fingerprint density at radius 2 is 2.00 bits per heavy atom. The molecule has 0 aromatic carbocycles. The fraction of sp³-hybridized carbons (Fsp3) is 0.857. The fourth-order valence-electron chi connectivity index (χ4n) is 2.86. The second-order valence-corrected chi connectivity index (χ2v) is 5.91. The number of ketones is 1. The van der Waals surface area contributed by atoms with Crippen LogP contribution >= 0.6 is 0 Å². The molecule has 116 valence electrons. The van der Waals surface area contributed by atoms with Gasteiger partial charge in [0.15, 0.2) is 5.78 Å². The van der Waals surface area contributed by atoms with Gasteiger partial charge in [-0.1, -0.05) is 13.8 Å². The molecular formula is C14H27N3O3. The normalized spacial score (nSPS) is 24.7. The van der Waals surface area contributed by atoms with E-state index >= 15 is 0 Å². The number of carbonyl (C=O) groups excluding carboxylic acids is 2. The number of Topliss-reactive ketones (excluding diaryl/α,β-unsaturated/α-hetero) is 1. The monoisotopic (exact) mass is 285 g/mol. The molecule has 3 unspecified atom stereocenters. The van der Waals surface area contributed by atoms with Crippen LogP contribution < -0.4 is 10.6 Å². The Balaban J connectivity index is 2.79. The Morgan fingerprint density at radius 3 is 2.50 bits per heavy atom. The van der Waals surface area contributed by atoms with Crippen LogP contribution in [0.3, 0.4) is 0 Å². The predicted molar refractivity (Wildman–Crippen MR) is 77.6 cm³/mol. The molecule has 1 saturated heterocycles. The highest BCUT2D eigenvalue weighted by atomic mass is 16.5. The van der Waals surface area contributed by atoms with E-state index in [2.05, 4.69) is 20.3 Å². The van der Waals surface area contributed by atoms with E-state index in [0.717, 1.165) is 19.6 Å². The maximum Gasteiger partial charge on any atom is 0.407 e. The molecule has 20 heavy (non-hydrogen) atoms. The fourth-order valence-corrected chi connectivity index (χ4v) is 2.86. The highest BCUT2D eigenvalue weighted by Crippen LogP contribution is 2.25. The summed E-state index contributed by atoms with van der Waals surface area (Å²) in [6.45, 7) is 6.33. The van der Waals surface area contributed by atoms with E-state index in [0.29, 0.717) is 0 Å². The van der Waals surface area contributed by atoms with Crippen LogP contribution in [0.5, 0.6) is 0 Å². The first-order valence-corrected chi connectivity index (χ1v) is 7.12. The smallest absolute Gasteiger partial charge is 0.407 e. The van der Waals surface area contributed by atoms with Crippen LogP contribution in [0.1, 0.15) is 13.8 Å². The third-order valence-electron chi connectivity index (χ3n) is 3.89. The van der Waals surface area contributed by atoms with Gasteiger partial charge in [0, 0.05) is 19.0 Å². The molecule has 0 aromatic rings. The van der Waals surface area contributed by atoms with Crippen molar-refractivity contribution in [3.05, 3.63) is 0 Å². The third-order valence-corrected chi connectivity index (χ3v) is 3.89. The summed E-state index contributed by atoms with van der Waals surface area (Å²) in [4.78, 5) is 26.3. The molecule has 0 radical (unpaired) electrons. The van der Waals surface area contributed by atoms with Crippen molar-refractivity contribution in [3.8, 4) is 0 Å². The maximum absolute atomic E-state index is 12.7. The van der Waals surface area contributed by atoms with Gasteiger partial charge in [-0.05, 0) is 32.5 Å². The Hall–Kier alpha value is -1.14. The zero-order valence-electron chi connectivity index (χ0n) is 13.1. The highest BCUT2D eigenvalue weighted by Gasteiger charge is 2.39. The van der Waals surface area contributed by atoms with E-state index in [1.165, 1.54) is 7.11 Å². The Morgan fingerprint density at radius 1 is 1.35 bits per heavy atom. The molecule has 0 spiro atoms. The van der Waals surface area contributed by atoms with Crippen molar-refractivity contribution in [1.82, 2.24) is 15.5 Å². The van der Waals surface area contributed by atoms with Crippen molar-refractivity contribution >= 4 is 11.9 Å². The molecule has 0 aliphatic carbocycles. The van der Waals surface area contributed by atoms with Crippen LogP contribution in [0, 0.1) is 17.8 Å². The molecule has 0 aromatic heterocycles. The molecule has 1 fully saturated rings. The summed E-state index contributed by atoms with van der Waals surface area (Å²) in [5.41, 5.74) is 0. The van der Waals surface area contributed by atoms with Crippen molar-refractivity contribution in [2.24, 2.45) is 17.8 Å². The van der Waals surface area contributed by atoms with Gasteiger partial charge in [0.05, 0.1) is 13.2 Å². The van der Waals surface area contributed by atoms with Crippen LogP contribution in [-0.4, -0.2) is 63.7 Å². The van der Waals surface area contributed by atoms with Crippen LogP contribution in [0.4, 0.5) is 4.79 Å². The first-order valence-electron chi connectivity index (χ1n) is 7.12. The summed E-state index contributed by atoms with van der Waals surface area (Å²) in [6, 6.07) is -0.488. The SMILES string of the molecule is CNCC1CN(C)CC1C(=O)C(NC(=O)OC)C(C)C. The van der Waals surface area contributed by atoms with Crippen molar-refractivity contribution < 1.29 is 14.3 Å². The van der Waals surface area contributed by atoms with Gasteiger partial charge in [0.25, 0.3) is 0 Å². The average molecular weight is 285 g/mol. The van der Waals surface area contributed by atoms with Crippen molar-refractivity contribution in [2.75, 3.05) is 40.8 Å². The van der Waals surface area contributed by atoms with Crippen molar-refractivity contribution in [2.45, 2.75) is 19.9 Å². The third kappa shape index (κ3) is 4.18. The lowest BCUT2D eigenvalue weighted by Gasteiger charge is -2.26. The molecule has 0 bridgehead atoms. The molecule has 1 aliphatic rings. The number of rotatable bonds is 6. The molecule has 1 rings (SSSR count). The van der Waals surface area contributed by atoms with Gasteiger partial charge >= 0.3 is 6.09 Å². The molecule has 6 heteroatoms. The lowest BCUT2D eigenvalue weighted by Crippen LogP contribution is -2.48. The van der Waals surface area contributed by atoms with E-state index in [-0.39, 0.29) is 23.5 Å². The molecule has 3 atom stereocenters. The summed E-state index contributed by atoms with van der Waals surface area (Å²) in [6.07, 6.45) is -0.548. The number of amides is 1. The van der Waals surface area contributed by atoms with Crippen LogP contribution in [0.2, 0.25) is 0 Å². The van der Waals surface area contributed by atoms with Crippen LogP contribution in [0.15, 0.2) is 0 Å². The van der Waals surface area contributed by atoms with Crippen molar-refractivity contribution in [1.29, 1.82) is 0 Å². The van der Waals surface area contributed by atoms with Crippen LogP contribution in [-0.2, 0) is 9.53 Å². The summed E-state index contributed by atoms with van der Waals surface area (Å²) in [5, 5.41) is 5.81. The first-order chi connectivity index (χ1) is 9.40. The number of hydrogen-bond acceptors (Lipinski definition) is 5. The summed E-state index contributed by atoms with van der Waals surface area (Å²) in [5.74, 6) is 0.396. The van der Waals surface area contributed by atoms with Gasteiger partial charge in [-0.2, -0.15) is 0 Å². The summed E-state index contributed by atoms with van der Waals surface area (Å²) in [7, 11) is 5.23. The molecule has 6 nitrogen and oxygen atoms in total. The quantitative estimate of drug-likeness (QED) is 0.736. The molecule has 0 saturated carbocycles. The minimum atomic E-state index is -0.548. The number of hydrogen-bond donors (Lipinski definition) is 2. The second kappa shape index (κ2) is 7.59. The second-order valence-electron chi connectivity index (χ2n) is 5.91. The molecule has 2 N–H and O–H groups in total. The van der Waals surface area contributed by atoms with Crippen molar-refractivity contribution in [3.63, 3.8) is 0 Å². The number of nitrogens with one attached hydrogen (secondary N) is 2. The number of alkyl carbamates (subject to hydrolysis) is 1.